The number of imide groups is 1. The molecular formula is C35H37N3O3S. The lowest BCUT2D eigenvalue weighted by Gasteiger charge is -2.31. The first-order valence-corrected chi connectivity index (χ1v) is 15.9. The quantitative estimate of drug-likeness (QED) is 0.243. The molecule has 3 aliphatic rings. The summed E-state index contributed by atoms with van der Waals surface area (Å²) in [4.78, 5) is 49.9. The van der Waals surface area contributed by atoms with Crippen LogP contribution in [-0.2, 0) is 10.2 Å². The van der Waals surface area contributed by atoms with Gasteiger partial charge in [0.25, 0.3) is 11.8 Å². The number of H-pyrrole nitrogens is 1. The highest BCUT2D eigenvalue weighted by molar-refractivity contribution is 7.19. The summed E-state index contributed by atoms with van der Waals surface area (Å²) >= 11 is 1.65. The van der Waals surface area contributed by atoms with Crippen LogP contribution in [0.2, 0.25) is 0 Å². The minimum atomic E-state index is -0.640. The fraction of sp³-hybridized carbons (Fsp3) is 0.400. The molecule has 4 aromatic rings. The molecule has 1 atom stereocenters. The largest absolute Gasteiger partial charge is 0.346 e. The molecule has 7 rings (SSSR count). The highest BCUT2D eigenvalue weighted by Crippen LogP contribution is 2.46. The summed E-state index contributed by atoms with van der Waals surface area (Å²) in [5.74, 6) is -0.376. The summed E-state index contributed by atoms with van der Waals surface area (Å²) in [6.45, 7) is 10.7. The van der Waals surface area contributed by atoms with Crippen molar-refractivity contribution >= 4 is 39.3 Å². The van der Waals surface area contributed by atoms with Gasteiger partial charge in [-0.15, -0.1) is 11.3 Å². The molecule has 2 fully saturated rings. The number of aromatic nitrogens is 1. The Hall–Kier alpha value is -3.71. The van der Waals surface area contributed by atoms with E-state index < -0.39 is 5.41 Å². The Labute approximate surface area is 250 Å². The van der Waals surface area contributed by atoms with Gasteiger partial charge >= 0.3 is 0 Å². The van der Waals surface area contributed by atoms with Gasteiger partial charge in [-0.05, 0) is 94.8 Å². The Kier molecular flexibility index (Phi) is 6.24. The molecule has 0 radical (unpaired) electrons. The van der Waals surface area contributed by atoms with Gasteiger partial charge in [0, 0.05) is 34.8 Å². The van der Waals surface area contributed by atoms with Crippen molar-refractivity contribution in [1.82, 2.24) is 14.8 Å². The molecule has 1 N–H and O–H groups in total. The molecule has 3 amide bonds. The van der Waals surface area contributed by atoms with Crippen LogP contribution in [0.5, 0.6) is 0 Å². The predicted molar refractivity (Wildman–Crippen MR) is 167 cm³/mol. The summed E-state index contributed by atoms with van der Waals surface area (Å²) < 4.78 is 0. The molecule has 2 aromatic heterocycles. The molecule has 2 saturated heterocycles. The van der Waals surface area contributed by atoms with Crippen LogP contribution < -0.4 is 0 Å². The second kappa shape index (κ2) is 9.66. The molecule has 7 heteroatoms. The number of carbonyl (C=O) groups excluding carboxylic acids is 3. The molecule has 42 heavy (non-hydrogen) atoms. The van der Waals surface area contributed by atoms with Crippen molar-refractivity contribution in [2.45, 2.75) is 83.7 Å². The summed E-state index contributed by atoms with van der Waals surface area (Å²) in [7, 11) is 0. The van der Waals surface area contributed by atoms with Gasteiger partial charge in [-0.1, -0.05) is 36.2 Å². The number of aryl methyl sites for hydroxylation is 2. The first kappa shape index (κ1) is 27.1. The normalized spacial score (nSPS) is 20.7. The number of aromatic amines is 1. The molecular weight excluding hydrogens is 542 g/mol. The van der Waals surface area contributed by atoms with Gasteiger partial charge in [0.05, 0.1) is 22.2 Å². The van der Waals surface area contributed by atoms with Crippen molar-refractivity contribution in [3.63, 3.8) is 0 Å². The van der Waals surface area contributed by atoms with E-state index in [1.54, 1.807) is 35.6 Å². The molecule has 6 nitrogen and oxygen atoms in total. The van der Waals surface area contributed by atoms with Crippen LogP contribution in [0, 0.1) is 13.8 Å². The van der Waals surface area contributed by atoms with E-state index in [0.29, 0.717) is 23.2 Å². The Morgan fingerprint density at radius 3 is 2.10 bits per heavy atom. The van der Waals surface area contributed by atoms with Crippen molar-refractivity contribution in [1.29, 1.82) is 0 Å². The smallest absolute Gasteiger partial charge is 0.261 e. The number of nitrogens with one attached hydrogen (secondary N) is 1. The zero-order valence-corrected chi connectivity index (χ0v) is 25.7. The number of hydrogen-bond donors (Lipinski definition) is 1. The van der Waals surface area contributed by atoms with Crippen LogP contribution in [0.3, 0.4) is 0 Å². The lowest BCUT2D eigenvalue weighted by molar-refractivity contribution is -0.137. The number of carbonyl (C=O) groups is 3. The van der Waals surface area contributed by atoms with E-state index in [2.05, 4.69) is 68.8 Å². The topological polar surface area (TPSA) is 73.5 Å². The van der Waals surface area contributed by atoms with Crippen molar-refractivity contribution in [2.75, 3.05) is 6.54 Å². The van der Waals surface area contributed by atoms with E-state index in [-0.39, 0.29) is 30.2 Å². The lowest BCUT2D eigenvalue weighted by atomic mass is 9.88. The third-order valence-electron chi connectivity index (χ3n) is 9.71. The maximum Gasteiger partial charge on any atom is 0.261 e. The van der Waals surface area contributed by atoms with Crippen LogP contribution in [0.4, 0.5) is 0 Å². The van der Waals surface area contributed by atoms with Crippen LogP contribution in [0.15, 0.2) is 48.5 Å². The highest BCUT2D eigenvalue weighted by atomic mass is 32.1. The number of hydrogen-bond acceptors (Lipinski definition) is 4. The SMILES string of the molecule is Cc1cc(C)cc(-c2[nH]c3sc(C(C)(C)C(=O)N4C5CCC4CC5)cc3c2[C@H](C)CN2C(=O)c3ccccc3C2=O)c1. The van der Waals surface area contributed by atoms with Crippen molar-refractivity contribution in [2.24, 2.45) is 0 Å². The number of amides is 3. The molecule has 0 unspecified atom stereocenters. The second-order valence-electron chi connectivity index (χ2n) is 13.1. The highest BCUT2D eigenvalue weighted by Gasteiger charge is 2.47. The van der Waals surface area contributed by atoms with Gasteiger partial charge in [0.1, 0.15) is 4.83 Å². The summed E-state index contributed by atoms with van der Waals surface area (Å²) in [6, 6.07) is 16.5. The Balaban J connectivity index is 1.29. The molecule has 0 aliphatic carbocycles. The van der Waals surface area contributed by atoms with E-state index in [1.807, 2.05) is 0 Å². The Morgan fingerprint density at radius 1 is 0.952 bits per heavy atom. The zero-order chi connectivity index (χ0) is 29.5. The molecule has 2 aromatic carbocycles. The monoisotopic (exact) mass is 579 g/mol. The van der Waals surface area contributed by atoms with Crippen molar-refractivity contribution in [3.05, 3.63) is 81.2 Å². The maximum absolute atomic E-state index is 14.0. The number of rotatable bonds is 6. The third kappa shape index (κ3) is 4.08. The molecule has 5 heterocycles. The predicted octanol–water partition coefficient (Wildman–Crippen LogP) is 7.34. The van der Waals surface area contributed by atoms with Gasteiger partial charge in [-0.3, -0.25) is 19.3 Å². The maximum atomic E-state index is 14.0. The van der Waals surface area contributed by atoms with Crippen molar-refractivity contribution < 1.29 is 14.4 Å². The van der Waals surface area contributed by atoms with E-state index in [9.17, 15) is 14.4 Å². The first-order valence-electron chi connectivity index (χ1n) is 15.1. The average Bonchev–Trinajstić information content (AvgIpc) is 3.76. The summed E-state index contributed by atoms with van der Waals surface area (Å²) in [5, 5.41) is 1.07. The third-order valence-corrected chi connectivity index (χ3v) is 11.1. The van der Waals surface area contributed by atoms with E-state index in [0.717, 1.165) is 57.6 Å². The first-order chi connectivity index (χ1) is 20.0. The molecule has 0 saturated carbocycles. The fourth-order valence-corrected chi connectivity index (χ4v) is 8.78. The molecule has 2 bridgehead atoms. The second-order valence-corrected chi connectivity index (χ2v) is 14.2. The minimum Gasteiger partial charge on any atom is -0.346 e. The molecule has 3 aliphatic heterocycles. The number of benzene rings is 2. The molecule has 216 valence electrons. The average molecular weight is 580 g/mol. The van der Waals surface area contributed by atoms with E-state index in [4.69, 9.17) is 0 Å². The Bertz CT molecular complexity index is 1700. The van der Waals surface area contributed by atoms with Gasteiger partial charge < -0.3 is 9.88 Å². The van der Waals surface area contributed by atoms with Crippen LogP contribution in [0.1, 0.15) is 94.7 Å². The van der Waals surface area contributed by atoms with Crippen LogP contribution in [-0.4, -0.2) is 51.1 Å². The number of fused-ring (bicyclic) bond motifs is 4. The molecule has 0 spiro atoms. The standard InChI is InChI=1S/C35H37N3O3S/c1-19-14-20(2)16-22(15-19)30-29(21(3)18-37-32(39)25-8-6-7-9-26(25)33(37)40)27-17-28(42-31(27)36-30)35(4,5)34(41)38-23-10-11-24(38)13-12-23/h6-9,14-17,21,23-24,36H,10-13,18H2,1-5H3/t21-,23?,24?/m1/s1. The van der Waals surface area contributed by atoms with E-state index >= 15 is 0 Å². The van der Waals surface area contributed by atoms with Gasteiger partial charge in [-0.25, -0.2) is 0 Å². The fourth-order valence-electron chi connectivity index (χ4n) is 7.61. The van der Waals surface area contributed by atoms with E-state index in [1.165, 1.54) is 16.0 Å². The Morgan fingerprint density at radius 2 is 1.52 bits per heavy atom. The zero-order valence-electron chi connectivity index (χ0n) is 24.9. The summed E-state index contributed by atoms with van der Waals surface area (Å²) in [6.07, 6.45) is 4.49. The summed E-state index contributed by atoms with van der Waals surface area (Å²) in [5.41, 5.74) is 5.84. The van der Waals surface area contributed by atoms with Gasteiger partial charge in [-0.2, -0.15) is 0 Å². The van der Waals surface area contributed by atoms with Crippen LogP contribution in [0.25, 0.3) is 21.5 Å². The lowest BCUT2D eigenvalue weighted by Crippen LogP contribution is -2.45. The van der Waals surface area contributed by atoms with Crippen molar-refractivity contribution in [3.8, 4) is 11.3 Å². The van der Waals surface area contributed by atoms with Crippen LogP contribution >= 0.6 is 11.3 Å². The van der Waals surface area contributed by atoms with Gasteiger partial charge in [0.2, 0.25) is 5.91 Å². The minimum absolute atomic E-state index is 0.132. The van der Waals surface area contributed by atoms with Gasteiger partial charge in [0.15, 0.2) is 0 Å². The number of nitrogens with zero attached hydrogens (tertiary/aromatic N) is 2. The number of thiophene rings is 1.